The van der Waals surface area contributed by atoms with Crippen LogP contribution in [0, 0.1) is 0 Å². The van der Waals surface area contributed by atoms with E-state index in [0.29, 0.717) is 62.0 Å². The number of hydrogen-bond acceptors (Lipinski definition) is 9. The second-order valence-corrected chi connectivity index (χ2v) is 14.7. The fraction of sp³-hybridized carbons (Fsp3) is 0.791. The third-order valence-electron chi connectivity index (χ3n) is 9.36. The van der Waals surface area contributed by atoms with Crippen LogP contribution in [-0.2, 0) is 57.9 Å². The largest absolute Gasteiger partial charge is 0.466 e. The zero-order valence-corrected chi connectivity index (χ0v) is 34.4. The van der Waals surface area contributed by atoms with Crippen molar-refractivity contribution in [2.24, 2.45) is 0 Å². The van der Waals surface area contributed by atoms with E-state index in [9.17, 15) is 41.4 Å². The summed E-state index contributed by atoms with van der Waals surface area (Å²) in [5, 5.41) is 9.77. The van der Waals surface area contributed by atoms with E-state index in [1.165, 1.54) is 51.4 Å². The topological polar surface area (TPSA) is 118 Å². The molecule has 1 N–H and O–H groups in total. The van der Waals surface area contributed by atoms with Crippen LogP contribution in [-0.4, -0.2) is 61.2 Å². The molecule has 0 atom stereocenters. The first-order valence-corrected chi connectivity index (χ1v) is 21.2. The van der Waals surface area contributed by atoms with E-state index in [4.69, 9.17) is 23.7 Å². The average Bonchev–Trinajstić information content (AvgIpc) is 3.17. The average molecular weight is 825 g/mol. The number of rotatable bonds is 36. The number of aliphatic hydroxyl groups is 1. The molecule has 0 radical (unpaired) electrons. The Morgan fingerprint density at radius 3 is 1.46 bits per heavy atom. The Balaban J connectivity index is 2.39. The van der Waals surface area contributed by atoms with E-state index >= 15 is 0 Å². The van der Waals surface area contributed by atoms with Gasteiger partial charge in [0.1, 0.15) is 13.2 Å². The van der Waals surface area contributed by atoms with Crippen molar-refractivity contribution >= 4 is 17.9 Å². The van der Waals surface area contributed by atoms with E-state index in [1.807, 2.05) is 0 Å². The molecule has 0 aliphatic carbocycles. The third-order valence-corrected chi connectivity index (χ3v) is 9.36. The minimum Gasteiger partial charge on any atom is -0.466 e. The number of hydrogen-bond donors (Lipinski definition) is 1. The lowest BCUT2D eigenvalue weighted by atomic mass is 10.1. The van der Waals surface area contributed by atoms with Gasteiger partial charge in [0.05, 0.1) is 19.6 Å². The molecule has 1 aromatic carbocycles. The van der Waals surface area contributed by atoms with Gasteiger partial charge in [0.2, 0.25) is 0 Å². The van der Waals surface area contributed by atoms with Crippen molar-refractivity contribution < 1.29 is 65.1 Å². The standard InChI is InChI=1S/C43H69F5O9/c1-3-5-7-9-12-19-27-54-41(55-28-20-13-10-8-6-4-2)24-23-40(52)57-34-37-30-35(32-49)29-36(31-37)33-56-39(51)22-16-15-21-38(50)53-26-18-14-11-17-25-42(44,45)43(46,47)48/h29-31,41,49H,3-28,32-34H2,1-2H3. The van der Waals surface area contributed by atoms with Crippen molar-refractivity contribution in [2.45, 2.75) is 200 Å². The summed E-state index contributed by atoms with van der Waals surface area (Å²) in [6, 6.07) is 5.15. The van der Waals surface area contributed by atoms with Crippen molar-refractivity contribution in [3.63, 3.8) is 0 Å². The fourth-order valence-electron chi connectivity index (χ4n) is 5.96. The van der Waals surface area contributed by atoms with Crippen molar-refractivity contribution in [3.05, 3.63) is 34.9 Å². The summed E-state index contributed by atoms with van der Waals surface area (Å²) in [4.78, 5) is 37.0. The molecule has 330 valence electrons. The van der Waals surface area contributed by atoms with E-state index in [0.717, 1.165) is 25.7 Å². The Hall–Kier alpha value is -2.84. The highest BCUT2D eigenvalue weighted by atomic mass is 19.4. The zero-order valence-electron chi connectivity index (χ0n) is 34.4. The van der Waals surface area contributed by atoms with Gasteiger partial charge in [0.25, 0.3) is 0 Å². The normalized spacial score (nSPS) is 11.9. The molecule has 0 fully saturated rings. The van der Waals surface area contributed by atoms with Crippen LogP contribution in [0.2, 0.25) is 0 Å². The number of halogens is 5. The van der Waals surface area contributed by atoms with Crippen LogP contribution in [0.1, 0.15) is 178 Å². The summed E-state index contributed by atoms with van der Waals surface area (Å²) in [6.45, 7) is 5.25. The van der Waals surface area contributed by atoms with Crippen molar-refractivity contribution in [1.82, 2.24) is 0 Å². The van der Waals surface area contributed by atoms with Gasteiger partial charge in [-0.2, -0.15) is 22.0 Å². The molecule has 57 heavy (non-hydrogen) atoms. The Kier molecular flexibility index (Phi) is 29.4. The lowest BCUT2D eigenvalue weighted by Gasteiger charge is -2.19. The Labute approximate surface area is 337 Å². The number of esters is 3. The minimum absolute atomic E-state index is 0.0213. The number of aliphatic hydroxyl groups excluding tert-OH is 1. The Bertz CT molecular complexity index is 1190. The number of unbranched alkanes of at least 4 members (excludes halogenated alkanes) is 14. The van der Waals surface area contributed by atoms with Gasteiger partial charge < -0.3 is 28.8 Å². The van der Waals surface area contributed by atoms with Crippen LogP contribution in [0.5, 0.6) is 0 Å². The molecule has 0 saturated carbocycles. The first-order chi connectivity index (χ1) is 27.3. The number of carbonyl (C=O) groups excluding carboxylic acids is 3. The van der Waals surface area contributed by atoms with Crippen LogP contribution in [0.25, 0.3) is 0 Å². The maximum absolute atomic E-state index is 12.9. The van der Waals surface area contributed by atoms with Gasteiger partial charge in [-0.05, 0) is 61.3 Å². The maximum Gasteiger partial charge on any atom is 0.453 e. The molecular weight excluding hydrogens is 755 g/mol. The van der Waals surface area contributed by atoms with E-state index in [1.54, 1.807) is 18.2 Å². The molecule has 9 nitrogen and oxygen atoms in total. The molecule has 0 heterocycles. The van der Waals surface area contributed by atoms with E-state index in [2.05, 4.69) is 13.8 Å². The van der Waals surface area contributed by atoms with Crippen LogP contribution < -0.4 is 0 Å². The monoisotopic (exact) mass is 824 g/mol. The summed E-state index contributed by atoms with van der Waals surface area (Å²) >= 11 is 0. The molecule has 1 rings (SSSR count). The lowest BCUT2D eigenvalue weighted by molar-refractivity contribution is -0.284. The SMILES string of the molecule is CCCCCCCCOC(CCC(=O)OCc1cc(CO)cc(COC(=O)CCCCC(=O)OCCCCCCC(F)(F)C(F)(F)F)c1)OCCCCCCCC. The van der Waals surface area contributed by atoms with Crippen molar-refractivity contribution in [3.8, 4) is 0 Å². The molecule has 0 aliphatic heterocycles. The molecule has 0 bridgehead atoms. The van der Waals surface area contributed by atoms with Crippen LogP contribution >= 0.6 is 0 Å². The molecule has 0 saturated heterocycles. The van der Waals surface area contributed by atoms with Crippen molar-refractivity contribution in [2.75, 3.05) is 19.8 Å². The van der Waals surface area contributed by atoms with Gasteiger partial charge in [0, 0.05) is 38.9 Å². The zero-order chi connectivity index (χ0) is 42.2. The smallest absolute Gasteiger partial charge is 0.453 e. The van der Waals surface area contributed by atoms with Crippen LogP contribution in [0.4, 0.5) is 22.0 Å². The van der Waals surface area contributed by atoms with E-state index in [-0.39, 0.29) is 58.5 Å². The van der Waals surface area contributed by atoms with E-state index < -0.39 is 42.7 Å². The molecule has 0 aromatic heterocycles. The number of ether oxygens (including phenoxy) is 5. The fourth-order valence-corrected chi connectivity index (χ4v) is 5.96. The molecule has 14 heteroatoms. The van der Waals surface area contributed by atoms with Crippen molar-refractivity contribution in [1.29, 1.82) is 0 Å². The molecule has 1 aromatic rings. The molecular formula is C43H69F5O9. The van der Waals surface area contributed by atoms with Gasteiger partial charge >= 0.3 is 30.0 Å². The van der Waals surface area contributed by atoms with Gasteiger partial charge in [-0.1, -0.05) is 103 Å². The predicted octanol–water partition coefficient (Wildman–Crippen LogP) is 11.4. The van der Waals surface area contributed by atoms with Crippen LogP contribution in [0.3, 0.4) is 0 Å². The summed E-state index contributed by atoms with van der Waals surface area (Å²) in [5.74, 6) is -6.07. The Morgan fingerprint density at radius 2 is 0.965 bits per heavy atom. The summed E-state index contributed by atoms with van der Waals surface area (Å²) < 4.78 is 90.4. The van der Waals surface area contributed by atoms with Crippen LogP contribution in [0.15, 0.2) is 18.2 Å². The quantitative estimate of drug-likeness (QED) is 0.0232. The molecule has 0 aliphatic rings. The summed E-state index contributed by atoms with van der Waals surface area (Å²) in [5.41, 5.74) is 1.82. The first kappa shape index (κ1) is 52.2. The highest BCUT2D eigenvalue weighted by Crippen LogP contribution is 2.39. The highest BCUT2D eigenvalue weighted by molar-refractivity contribution is 5.70. The second-order valence-electron chi connectivity index (χ2n) is 14.7. The minimum atomic E-state index is -5.55. The second kappa shape index (κ2) is 32.1. The van der Waals surface area contributed by atoms with Gasteiger partial charge in [-0.15, -0.1) is 0 Å². The number of carbonyl (C=O) groups is 3. The van der Waals surface area contributed by atoms with Gasteiger partial charge in [-0.25, -0.2) is 0 Å². The summed E-state index contributed by atoms with van der Waals surface area (Å²) in [7, 11) is 0. The predicted molar refractivity (Wildman–Crippen MR) is 207 cm³/mol. The molecule has 0 unspecified atom stereocenters. The highest BCUT2D eigenvalue weighted by Gasteiger charge is 2.56. The van der Waals surface area contributed by atoms with Gasteiger partial charge in [0.15, 0.2) is 6.29 Å². The lowest BCUT2D eigenvalue weighted by Crippen LogP contribution is -2.36. The Morgan fingerprint density at radius 1 is 0.544 bits per heavy atom. The number of alkyl halides is 5. The number of benzene rings is 1. The third kappa shape index (κ3) is 27.5. The van der Waals surface area contributed by atoms with Gasteiger partial charge in [-0.3, -0.25) is 14.4 Å². The molecule has 0 amide bonds. The summed E-state index contributed by atoms with van der Waals surface area (Å²) in [6.07, 6.45) is 8.48. The molecule has 0 spiro atoms. The maximum atomic E-state index is 12.9. The first-order valence-electron chi connectivity index (χ1n) is 21.2.